The van der Waals surface area contributed by atoms with Gasteiger partial charge in [0.1, 0.15) is 0 Å². The topological polar surface area (TPSA) is 41.6 Å². The molecule has 1 aliphatic rings. The first kappa shape index (κ1) is 16.4. The smallest absolute Gasteiger partial charge is 0.224 e. The number of rotatable bonds is 7. The summed E-state index contributed by atoms with van der Waals surface area (Å²) in [5, 5.41) is 3.49. The average molecular weight is 270 g/mol. The molecule has 2 atom stereocenters. The number of hydrogen-bond acceptors (Lipinski definition) is 3. The minimum absolute atomic E-state index is 0.261. The van der Waals surface area contributed by atoms with E-state index in [0.29, 0.717) is 37.5 Å². The Balaban J connectivity index is 2.49. The molecular formula is C15H30N2O2. The van der Waals surface area contributed by atoms with E-state index in [1.807, 2.05) is 4.90 Å². The van der Waals surface area contributed by atoms with Crippen molar-refractivity contribution in [2.24, 2.45) is 11.8 Å². The molecule has 0 aromatic heterocycles. The van der Waals surface area contributed by atoms with Crippen molar-refractivity contribution in [3.05, 3.63) is 0 Å². The van der Waals surface area contributed by atoms with Gasteiger partial charge in [0, 0.05) is 32.7 Å². The van der Waals surface area contributed by atoms with Gasteiger partial charge in [-0.15, -0.1) is 0 Å². The predicted molar refractivity (Wildman–Crippen MR) is 78.1 cm³/mol. The maximum Gasteiger partial charge on any atom is 0.224 e. The zero-order valence-electron chi connectivity index (χ0n) is 12.9. The van der Waals surface area contributed by atoms with Crippen LogP contribution in [0.4, 0.5) is 0 Å². The minimum atomic E-state index is 0.261. The van der Waals surface area contributed by atoms with Gasteiger partial charge < -0.3 is 15.0 Å². The monoisotopic (exact) mass is 270 g/mol. The van der Waals surface area contributed by atoms with Crippen LogP contribution in [-0.4, -0.2) is 50.2 Å². The van der Waals surface area contributed by atoms with Gasteiger partial charge in [-0.25, -0.2) is 0 Å². The van der Waals surface area contributed by atoms with Crippen molar-refractivity contribution < 1.29 is 9.53 Å². The van der Waals surface area contributed by atoms with Gasteiger partial charge in [0.25, 0.3) is 0 Å². The van der Waals surface area contributed by atoms with Crippen LogP contribution in [0.5, 0.6) is 0 Å². The van der Waals surface area contributed by atoms with Gasteiger partial charge in [-0.05, 0) is 31.2 Å². The van der Waals surface area contributed by atoms with Crippen molar-refractivity contribution in [3.8, 4) is 0 Å². The lowest BCUT2D eigenvalue weighted by Crippen LogP contribution is -2.45. The lowest BCUT2D eigenvalue weighted by molar-refractivity contribution is -0.133. The maximum atomic E-state index is 12.4. The third-order valence-corrected chi connectivity index (χ3v) is 3.83. The molecule has 2 unspecified atom stereocenters. The quantitative estimate of drug-likeness (QED) is 0.768. The summed E-state index contributed by atoms with van der Waals surface area (Å²) in [7, 11) is 1.68. The zero-order chi connectivity index (χ0) is 14.3. The summed E-state index contributed by atoms with van der Waals surface area (Å²) < 4.78 is 5.11. The van der Waals surface area contributed by atoms with Crippen molar-refractivity contribution in [1.82, 2.24) is 10.2 Å². The fourth-order valence-electron chi connectivity index (χ4n) is 2.66. The third kappa shape index (κ3) is 5.91. The predicted octanol–water partition coefficient (Wildman–Crippen LogP) is 1.90. The molecule has 0 saturated carbocycles. The maximum absolute atomic E-state index is 12.4. The van der Waals surface area contributed by atoms with Crippen LogP contribution in [0.3, 0.4) is 0 Å². The van der Waals surface area contributed by atoms with Crippen LogP contribution >= 0.6 is 0 Å². The zero-order valence-corrected chi connectivity index (χ0v) is 12.9. The Hall–Kier alpha value is -0.610. The molecule has 0 aromatic rings. The van der Waals surface area contributed by atoms with Gasteiger partial charge in [-0.3, -0.25) is 4.79 Å². The Morgan fingerprint density at radius 3 is 2.79 bits per heavy atom. The first-order valence-corrected chi connectivity index (χ1v) is 7.54. The van der Waals surface area contributed by atoms with Crippen molar-refractivity contribution >= 4 is 5.91 Å². The minimum Gasteiger partial charge on any atom is -0.383 e. The van der Waals surface area contributed by atoms with E-state index >= 15 is 0 Å². The van der Waals surface area contributed by atoms with E-state index in [1.165, 1.54) is 12.8 Å². The molecule has 1 heterocycles. The number of carbonyl (C=O) groups excluding carboxylic acids is 1. The molecule has 1 aliphatic heterocycles. The highest BCUT2D eigenvalue weighted by atomic mass is 16.5. The second kappa shape index (κ2) is 8.54. The number of methoxy groups -OCH3 is 1. The molecule has 1 amide bonds. The molecule has 0 bridgehead atoms. The number of nitrogens with zero attached hydrogens (tertiary/aromatic N) is 1. The molecule has 1 N–H and O–H groups in total. The summed E-state index contributed by atoms with van der Waals surface area (Å²) in [6, 6.07) is 0.346. The van der Waals surface area contributed by atoms with E-state index in [0.717, 1.165) is 13.1 Å². The van der Waals surface area contributed by atoms with Crippen molar-refractivity contribution in [2.45, 2.75) is 46.1 Å². The Morgan fingerprint density at radius 1 is 1.47 bits per heavy atom. The molecule has 0 radical (unpaired) electrons. The third-order valence-electron chi connectivity index (χ3n) is 3.83. The highest BCUT2D eigenvalue weighted by molar-refractivity contribution is 5.76. The highest BCUT2D eigenvalue weighted by Gasteiger charge is 2.25. The second-order valence-electron chi connectivity index (χ2n) is 6.11. The molecule has 19 heavy (non-hydrogen) atoms. The largest absolute Gasteiger partial charge is 0.383 e. The van der Waals surface area contributed by atoms with E-state index in [2.05, 4.69) is 26.1 Å². The number of nitrogens with one attached hydrogen (secondary N) is 1. The van der Waals surface area contributed by atoms with E-state index in [1.54, 1.807) is 7.11 Å². The van der Waals surface area contributed by atoms with E-state index in [9.17, 15) is 4.79 Å². The Kier molecular flexibility index (Phi) is 7.39. The van der Waals surface area contributed by atoms with E-state index in [-0.39, 0.29) is 5.91 Å². The molecule has 1 rings (SSSR count). The Morgan fingerprint density at radius 2 is 2.21 bits per heavy atom. The molecule has 1 fully saturated rings. The van der Waals surface area contributed by atoms with Gasteiger partial charge >= 0.3 is 0 Å². The van der Waals surface area contributed by atoms with Gasteiger partial charge in [-0.1, -0.05) is 20.8 Å². The first-order valence-electron chi connectivity index (χ1n) is 7.54. The lowest BCUT2D eigenvalue weighted by atomic mass is 9.90. The molecule has 112 valence electrons. The number of ether oxygens (including phenoxy) is 1. The van der Waals surface area contributed by atoms with Crippen molar-refractivity contribution in [1.29, 1.82) is 0 Å². The Bertz CT molecular complexity index is 269. The summed E-state index contributed by atoms with van der Waals surface area (Å²) in [5.74, 6) is 1.36. The normalized spacial score (nSPS) is 23.6. The summed E-state index contributed by atoms with van der Waals surface area (Å²) in [4.78, 5) is 14.4. The standard InChI is InChI=1S/C15H30N2O2/c1-12(2)11-17(8-9-19-4)15(18)10-14-13(3)6-5-7-16-14/h12-14,16H,5-11H2,1-4H3. The molecule has 0 spiro atoms. The number of hydrogen-bond donors (Lipinski definition) is 1. The fraction of sp³-hybridized carbons (Fsp3) is 0.933. The lowest BCUT2D eigenvalue weighted by Gasteiger charge is -2.32. The van der Waals surface area contributed by atoms with Crippen LogP contribution < -0.4 is 5.32 Å². The number of carbonyl (C=O) groups is 1. The average Bonchev–Trinajstić information content (AvgIpc) is 2.36. The molecule has 4 heteroatoms. The molecule has 0 aliphatic carbocycles. The SMILES string of the molecule is COCCN(CC(C)C)C(=O)CC1NCCCC1C. The van der Waals surface area contributed by atoms with Crippen LogP contribution in [0.15, 0.2) is 0 Å². The van der Waals surface area contributed by atoms with Crippen LogP contribution in [0.25, 0.3) is 0 Å². The Labute approximate surface area is 117 Å². The van der Waals surface area contributed by atoms with Crippen LogP contribution in [0.2, 0.25) is 0 Å². The van der Waals surface area contributed by atoms with Gasteiger partial charge in [0.15, 0.2) is 0 Å². The number of amides is 1. The van der Waals surface area contributed by atoms with Gasteiger partial charge in [0.2, 0.25) is 5.91 Å². The highest BCUT2D eigenvalue weighted by Crippen LogP contribution is 2.19. The molecule has 0 aromatic carbocycles. The van der Waals surface area contributed by atoms with Crippen molar-refractivity contribution in [3.63, 3.8) is 0 Å². The summed E-state index contributed by atoms with van der Waals surface area (Å²) >= 11 is 0. The van der Waals surface area contributed by atoms with E-state index in [4.69, 9.17) is 4.74 Å². The van der Waals surface area contributed by atoms with Crippen LogP contribution in [-0.2, 0) is 9.53 Å². The van der Waals surface area contributed by atoms with Gasteiger partial charge in [-0.2, -0.15) is 0 Å². The second-order valence-corrected chi connectivity index (χ2v) is 6.11. The first-order chi connectivity index (χ1) is 9.04. The van der Waals surface area contributed by atoms with Gasteiger partial charge in [0.05, 0.1) is 6.61 Å². The van der Waals surface area contributed by atoms with Crippen LogP contribution in [0, 0.1) is 11.8 Å². The fourth-order valence-corrected chi connectivity index (χ4v) is 2.66. The number of piperidine rings is 1. The van der Waals surface area contributed by atoms with Crippen molar-refractivity contribution in [2.75, 3.05) is 33.4 Å². The molecular weight excluding hydrogens is 240 g/mol. The summed E-state index contributed by atoms with van der Waals surface area (Å²) in [6.07, 6.45) is 3.08. The van der Waals surface area contributed by atoms with Crippen LogP contribution in [0.1, 0.15) is 40.0 Å². The summed E-state index contributed by atoms with van der Waals surface area (Å²) in [6.45, 7) is 9.73. The molecule has 1 saturated heterocycles. The summed E-state index contributed by atoms with van der Waals surface area (Å²) in [5.41, 5.74) is 0. The molecule has 4 nitrogen and oxygen atoms in total. The van der Waals surface area contributed by atoms with E-state index < -0.39 is 0 Å².